The number of fused-ring (bicyclic) bond motifs is 1. The summed E-state index contributed by atoms with van der Waals surface area (Å²) in [5, 5.41) is 7.72. The minimum Gasteiger partial charge on any atom is -0.311 e. The second-order valence-corrected chi connectivity index (χ2v) is 8.16. The van der Waals surface area contributed by atoms with Gasteiger partial charge in [-0.05, 0) is 35.7 Å². The van der Waals surface area contributed by atoms with E-state index in [1.807, 2.05) is 6.07 Å². The lowest BCUT2D eigenvalue weighted by molar-refractivity contribution is -0.116. The number of aromatic nitrogens is 4. The van der Waals surface area contributed by atoms with Crippen molar-refractivity contribution in [3.05, 3.63) is 87.0 Å². The number of aryl methyl sites for hydroxylation is 2. The Kier molecular flexibility index (Phi) is 6.27. The zero-order valence-electron chi connectivity index (χ0n) is 17.1. The zero-order valence-corrected chi connectivity index (χ0v) is 18.7. The van der Waals surface area contributed by atoms with Crippen molar-refractivity contribution in [2.75, 3.05) is 5.32 Å². The quantitative estimate of drug-likeness (QED) is 0.434. The van der Waals surface area contributed by atoms with E-state index in [1.54, 1.807) is 29.1 Å². The maximum Gasteiger partial charge on any atom is 0.261 e. The summed E-state index contributed by atoms with van der Waals surface area (Å²) in [6, 6.07) is 15.5. The molecule has 1 N–H and O–H groups in total. The molecule has 0 saturated carbocycles. The summed E-state index contributed by atoms with van der Waals surface area (Å²) in [4.78, 5) is 29.5. The summed E-state index contributed by atoms with van der Waals surface area (Å²) in [6.45, 7) is 2.93. The number of benzene rings is 2. The fourth-order valence-electron chi connectivity index (χ4n) is 3.34. The van der Waals surface area contributed by atoms with Gasteiger partial charge in [0.1, 0.15) is 5.82 Å². The largest absolute Gasteiger partial charge is 0.311 e. The summed E-state index contributed by atoms with van der Waals surface area (Å²) in [6.07, 6.45) is 4.29. The molecule has 0 atom stereocenters. The summed E-state index contributed by atoms with van der Waals surface area (Å²) in [5.74, 6) is 0.432. The van der Waals surface area contributed by atoms with Crippen LogP contribution in [0, 0.1) is 0 Å². The molecule has 2 aromatic heterocycles. The molecule has 7 nitrogen and oxygen atoms in total. The third-order valence-electron chi connectivity index (χ3n) is 5.11. The number of carbonyl (C=O) groups excluding carboxylic acids is 1. The van der Waals surface area contributed by atoms with Crippen molar-refractivity contribution in [3.63, 3.8) is 0 Å². The Morgan fingerprint density at radius 1 is 1.10 bits per heavy atom. The van der Waals surface area contributed by atoms with Gasteiger partial charge in [-0.25, -0.2) is 9.67 Å². The van der Waals surface area contributed by atoms with E-state index in [0.29, 0.717) is 23.3 Å². The number of amides is 1. The Morgan fingerprint density at radius 2 is 1.87 bits per heavy atom. The molecule has 1 amide bonds. The molecule has 158 valence electrons. The molecule has 0 aliphatic carbocycles. The number of nitrogens with one attached hydrogen (secondary N) is 1. The van der Waals surface area contributed by atoms with Crippen molar-refractivity contribution >= 4 is 38.6 Å². The highest BCUT2D eigenvalue weighted by Crippen LogP contribution is 2.15. The van der Waals surface area contributed by atoms with Gasteiger partial charge in [0, 0.05) is 23.5 Å². The van der Waals surface area contributed by atoms with Gasteiger partial charge in [-0.1, -0.05) is 47.1 Å². The highest BCUT2D eigenvalue weighted by Gasteiger charge is 2.10. The molecule has 8 heteroatoms. The number of nitrogens with zero attached hydrogens (tertiary/aromatic N) is 4. The van der Waals surface area contributed by atoms with Crippen molar-refractivity contribution in [3.8, 4) is 0 Å². The Bertz CT molecular complexity index is 1280. The van der Waals surface area contributed by atoms with Gasteiger partial charge in [0.05, 0.1) is 30.0 Å². The average Bonchev–Trinajstić information content (AvgIpc) is 3.20. The van der Waals surface area contributed by atoms with Gasteiger partial charge in [-0.3, -0.25) is 14.2 Å². The van der Waals surface area contributed by atoms with E-state index >= 15 is 0 Å². The molecule has 31 heavy (non-hydrogen) atoms. The van der Waals surface area contributed by atoms with Crippen LogP contribution in [0.4, 0.5) is 5.82 Å². The topological polar surface area (TPSA) is 81.8 Å². The van der Waals surface area contributed by atoms with Crippen LogP contribution in [-0.2, 0) is 24.3 Å². The van der Waals surface area contributed by atoms with E-state index in [2.05, 4.69) is 62.5 Å². The SMILES string of the molecule is CCc1ccc(Cn2nccc2NC(=O)CCn2cnc3ccc(Br)cc3c2=O)cc1. The van der Waals surface area contributed by atoms with Crippen LogP contribution < -0.4 is 10.9 Å². The van der Waals surface area contributed by atoms with E-state index in [9.17, 15) is 9.59 Å². The van der Waals surface area contributed by atoms with E-state index in [-0.39, 0.29) is 24.4 Å². The summed E-state index contributed by atoms with van der Waals surface area (Å²) < 4.78 is 4.02. The van der Waals surface area contributed by atoms with Crippen LogP contribution >= 0.6 is 15.9 Å². The number of hydrogen-bond donors (Lipinski definition) is 1. The van der Waals surface area contributed by atoms with Crippen LogP contribution in [0.15, 0.2) is 70.3 Å². The molecule has 4 aromatic rings. The fourth-order valence-corrected chi connectivity index (χ4v) is 3.70. The maximum absolute atomic E-state index is 12.7. The average molecular weight is 480 g/mol. The van der Waals surface area contributed by atoms with Crippen LogP contribution in [-0.4, -0.2) is 25.2 Å². The van der Waals surface area contributed by atoms with E-state index in [0.717, 1.165) is 16.5 Å². The molecule has 0 bridgehead atoms. The van der Waals surface area contributed by atoms with Crippen LogP contribution in [0.3, 0.4) is 0 Å². The Hall–Kier alpha value is -3.26. The van der Waals surface area contributed by atoms with Gasteiger partial charge < -0.3 is 5.32 Å². The normalized spacial score (nSPS) is 11.0. The Labute approximate surface area is 187 Å². The molecule has 0 fully saturated rings. The second-order valence-electron chi connectivity index (χ2n) is 7.25. The smallest absolute Gasteiger partial charge is 0.261 e. The monoisotopic (exact) mass is 479 g/mol. The number of halogens is 1. The van der Waals surface area contributed by atoms with Crippen molar-refractivity contribution < 1.29 is 4.79 Å². The predicted molar refractivity (Wildman–Crippen MR) is 124 cm³/mol. The van der Waals surface area contributed by atoms with Crippen LogP contribution in [0.5, 0.6) is 0 Å². The predicted octanol–water partition coefficient (Wildman–Crippen LogP) is 4.00. The van der Waals surface area contributed by atoms with Crippen molar-refractivity contribution in [2.24, 2.45) is 0 Å². The highest BCUT2D eigenvalue weighted by molar-refractivity contribution is 9.10. The summed E-state index contributed by atoms with van der Waals surface area (Å²) >= 11 is 3.38. The molecule has 2 heterocycles. The Balaban J connectivity index is 1.41. The minimum absolute atomic E-state index is 0.150. The Morgan fingerprint density at radius 3 is 2.65 bits per heavy atom. The van der Waals surface area contributed by atoms with Crippen LogP contribution in [0.2, 0.25) is 0 Å². The molecule has 0 unspecified atom stereocenters. The van der Waals surface area contributed by atoms with Gasteiger partial charge in [-0.15, -0.1) is 0 Å². The lowest BCUT2D eigenvalue weighted by Crippen LogP contribution is -2.24. The fraction of sp³-hybridized carbons (Fsp3) is 0.217. The molecular formula is C23H22BrN5O2. The van der Waals surface area contributed by atoms with Crippen LogP contribution in [0.25, 0.3) is 10.9 Å². The first-order chi connectivity index (χ1) is 15.0. The molecule has 2 aromatic carbocycles. The lowest BCUT2D eigenvalue weighted by Gasteiger charge is -2.10. The molecule has 0 aliphatic rings. The molecule has 4 rings (SSSR count). The summed E-state index contributed by atoms with van der Waals surface area (Å²) in [7, 11) is 0. The van der Waals surface area contributed by atoms with Crippen molar-refractivity contribution in [1.82, 2.24) is 19.3 Å². The maximum atomic E-state index is 12.7. The minimum atomic E-state index is -0.190. The lowest BCUT2D eigenvalue weighted by atomic mass is 10.1. The third-order valence-corrected chi connectivity index (χ3v) is 5.61. The van der Waals surface area contributed by atoms with Crippen molar-refractivity contribution in [2.45, 2.75) is 32.9 Å². The van der Waals surface area contributed by atoms with Gasteiger partial charge in [0.2, 0.25) is 5.91 Å². The number of anilines is 1. The molecule has 0 saturated heterocycles. The van der Waals surface area contributed by atoms with E-state index < -0.39 is 0 Å². The first-order valence-electron chi connectivity index (χ1n) is 10.1. The zero-order chi connectivity index (χ0) is 21.8. The van der Waals surface area contributed by atoms with E-state index in [1.165, 1.54) is 16.5 Å². The number of rotatable bonds is 7. The first-order valence-corrected chi connectivity index (χ1v) is 10.9. The standard InChI is InChI=1S/C23H22BrN5O2/c1-2-16-3-5-17(6-4-16)14-29-21(9-11-26-29)27-22(30)10-12-28-15-25-20-8-7-18(24)13-19(20)23(28)31/h3-9,11,13,15H,2,10,12,14H2,1H3,(H,27,30). The van der Waals surface area contributed by atoms with E-state index in [4.69, 9.17) is 0 Å². The molecule has 0 aliphatic heterocycles. The summed E-state index contributed by atoms with van der Waals surface area (Å²) in [5.41, 5.74) is 2.85. The molecular weight excluding hydrogens is 458 g/mol. The third kappa shape index (κ3) is 4.91. The number of carbonyl (C=O) groups is 1. The van der Waals surface area contributed by atoms with Gasteiger partial charge in [0.25, 0.3) is 5.56 Å². The van der Waals surface area contributed by atoms with Crippen molar-refractivity contribution in [1.29, 1.82) is 0 Å². The second kappa shape index (κ2) is 9.26. The molecule has 0 radical (unpaired) electrons. The van der Waals surface area contributed by atoms with Gasteiger partial charge in [0.15, 0.2) is 0 Å². The van der Waals surface area contributed by atoms with Gasteiger partial charge in [-0.2, -0.15) is 5.10 Å². The van der Waals surface area contributed by atoms with Gasteiger partial charge >= 0.3 is 0 Å². The molecule has 0 spiro atoms. The first kappa shape index (κ1) is 21.0. The highest BCUT2D eigenvalue weighted by atomic mass is 79.9. The van der Waals surface area contributed by atoms with Crippen LogP contribution in [0.1, 0.15) is 24.5 Å². The number of hydrogen-bond acceptors (Lipinski definition) is 4.